The highest BCUT2D eigenvalue weighted by Gasteiger charge is 2.25. The van der Waals surface area contributed by atoms with E-state index in [1.54, 1.807) is 0 Å². The van der Waals surface area contributed by atoms with Crippen molar-refractivity contribution in [2.24, 2.45) is 0 Å². The molecule has 0 spiro atoms. The topological polar surface area (TPSA) is 20.3 Å². The van der Waals surface area contributed by atoms with Crippen LogP contribution in [0.4, 0.5) is 0 Å². The Kier molecular flexibility index (Phi) is 6.10. The maximum absolute atomic E-state index is 12.8. The molecule has 1 aromatic carbocycles. The summed E-state index contributed by atoms with van der Waals surface area (Å²) in [4.78, 5) is 14.8. The number of hydrogen-bond donors (Lipinski definition) is 0. The van der Waals surface area contributed by atoms with Gasteiger partial charge >= 0.3 is 0 Å². The molecule has 2 nitrogen and oxygen atoms in total. The summed E-state index contributed by atoms with van der Waals surface area (Å²) in [6, 6.07) is 8.42. The van der Waals surface area contributed by atoms with Gasteiger partial charge in [0.15, 0.2) is 0 Å². The maximum atomic E-state index is 12.8. The van der Waals surface area contributed by atoms with E-state index in [4.69, 9.17) is 11.6 Å². The number of carbonyl (C=O) groups excluding carboxylic acids is 1. The van der Waals surface area contributed by atoms with Crippen molar-refractivity contribution in [3.63, 3.8) is 0 Å². The molecule has 1 amide bonds. The fraction of sp³-hybridized carbons (Fsp3) is 0.611. The molecule has 1 aliphatic rings. The number of rotatable bonds is 5. The predicted octanol–water partition coefficient (Wildman–Crippen LogP) is 4.82. The van der Waals surface area contributed by atoms with Gasteiger partial charge in [-0.15, -0.1) is 11.6 Å². The molecule has 1 fully saturated rings. The molecule has 0 N–H and O–H groups in total. The van der Waals surface area contributed by atoms with Crippen molar-refractivity contribution in [2.75, 3.05) is 12.4 Å². The summed E-state index contributed by atoms with van der Waals surface area (Å²) in [7, 11) is 0. The number of halogens is 1. The molecule has 0 radical (unpaired) electrons. The molecule has 0 atom stereocenters. The van der Waals surface area contributed by atoms with Gasteiger partial charge in [-0.1, -0.05) is 45.2 Å². The minimum Gasteiger partial charge on any atom is -0.334 e. The number of benzene rings is 1. The molecule has 0 aliphatic heterocycles. The molecule has 21 heavy (non-hydrogen) atoms. The highest BCUT2D eigenvalue weighted by molar-refractivity contribution is 6.18. The van der Waals surface area contributed by atoms with Crippen LogP contribution in [-0.4, -0.2) is 29.3 Å². The average Bonchev–Trinajstić information content (AvgIpc) is 2.53. The van der Waals surface area contributed by atoms with Crippen molar-refractivity contribution in [3.05, 3.63) is 35.4 Å². The highest BCUT2D eigenvalue weighted by Crippen LogP contribution is 2.24. The number of alkyl halides is 1. The average molecular weight is 308 g/mol. The first kappa shape index (κ1) is 16.4. The first-order chi connectivity index (χ1) is 10.1. The van der Waals surface area contributed by atoms with Crippen LogP contribution in [-0.2, 0) is 0 Å². The normalized spacial score (nSPS) is 16.2. The van der Waals surface area contributed by atoms with E-state index in [1.807, 2.05) is 17.0 Å². The lowest BCUT2D eigenvalue weighted by molar-refractivity contribution is 0.0649. The van der Waals surface area contributed by atoms with E-state index in [0.29, 0.717) is 24.4 Å². The Morgan fingerprint density at radius 1 is 1.19 bits per heavy atom. The maximum Gasteiger partial charge on any atom is 0.254 e. The second-order valence-corrected chi connectivity index (χ2v) is 6.63. The van der Waals surface area contributed by atoms with Crippen LogP contribution < -0.4 is 0 Å². The quantitative estimate of drug-likeness (QED) is 0.714. The molecule has 0 saturated heterocycles. The Morgan fingerprint density at radius 3 is 2.33 bits per heavy atom. The molecule has 0 heterocycles. The third-order valence-corrected chi connectivity index (χ3v) is 4.60. The Labute approximate surface area is 133 Å². The highest BCUT2D eigenvalue weighted by atomic mass is 35.5. The zero-order valence-corrected chi connectivity index (χ0v) is 13.9. The van der Waals surface area contributed by atoms with Crippen molar-refractivity contribution >= 4 is 17.5 Å². The lowest BCUT2D eigenvalue weighted by Crippen LogP contribution is -2.42. The first-order valence-electron chi connectivity index (χ1n) is 8.10. The summed E-state index contributed by atoms with van der Waals surface area (Å²) in [6.45, 7) is 4.98. The smallest absolute Gasteiger partial charge is 0.254 e. The van der Waals surface area contributed by atoms with Crippen molar-refractivity contribution < 1.29 is 4.79 Å². The van der Waals surface area contributed by atoms with Crippen LogP contribution in [0, 0.1) is 0 Å². The molecule has 116 valence electrons. The minimum atomic E-state index is 0.137. The molecule has 2 rings (SSSR count). The van der Waals surface area contributed by atoms with Crippen LogP contribution >= 0.6 is 11.6 Å². The van der Waals surface area contributed by atoms with E-state index in [9.17, 15) is 4.79 Å². The van der Waals surface area contributed by atoms with E-state index >= 15 is 0 Å². The van der Waals surface area contributed by atoms with Crippen LogP contribution in [0.15, 0.2) is 24.3 Å². The lowest BCUT2D eigenvalue weighted by atomic mass is 9.93. The summed E-state index contributed by atoms with van der Waals surface area (Å²) in [6.07, 6.45) is 5.98. The number of hydrogen-bond acceptors (Lipinski definition) is 1. The summed E-state index contributed by atoms with van der Waals surface area (Å²) in [5, 5.41) is 0. The SMILES string of the molecule is CC(C)c1ccc(C(=O)N(CCCl)C2CCCCC2)cc1. The van der Waals surface area contributed by atoms with Crippen LogP contribution in [0.2, 0.25) is 0 Å². The Hall–Kier alpha value is -1.02. The van der Waals surface area contributed by atoms with Gasteiger partial charge in [0.1, 0.15) is 0 Å². The largest absolute Gasteiger partial charge is 0.334 e. The van der Waals surface area contributed by atoms with Gasteiger partial charge in [0, 0.05) is 24.0 Å². The van der Waals surface area contributed by atoms with Gasteiger partial charge in [-0.05, 0) is 36.5 Å². The molecule has 0 unspecified atom stereocenters. The first-order valence-corrected chi connectivity index (χ1v) is 8.64. The van der Waals surface area contributed by atoms with Gasteiger partial charge in [0.25, 0.3) is 5.91 Å². The number of carbonyl (C=O) groups is 1. The molecule has 1 aromatic rings. The summed E-state index contributed by atoms with van der Waals surface area (Å²) >= 11 is 5.92. The van der Waals surface area contributed by atoms with Crippen molar-refractivity contribution in [1.82, 2.24) is 4.90 Å². The minimum absolute atomic E-state index is 0.137. The van der Waals surface area contributed by atoms with Gasteiger partial charge in [0.05, 0.1) is 0 Å². The molecule has 0 aromatic heterocycles. The van der Waals surface area contributed by atoms with E-state index in [1.165, 1.54) is 24.8 Å². The Balaban J connectivity index is 2.13. The predicted molar refractivity (Wildman–Crippen MR) is 89.2 cm³/mol. The van der Waals surface area contributed by atoms with Crippen LogP contribution in [0.3, 0.4) is 0 Å². The van der Waals surface area contributed by atoms with Crippen molar-refractivity contribution in [2.45, 2.75) is 57.9 Å². The van der Waals surface area contributed by atoms with Gasteiger partial charge in [-0.2, -0.15) is 0 Å². The van der Waals surface area contributed by atoms with Crippen LogP contribution in [0.25, 0.3) is 0 Å². The van der Waals surface area contributed by atoms with E-state index in [-0.39, 0.29) is 5.91 Å². The second kappa shape index (κ2) is 7.84. The molecule has 1 saturated carbocycles. The van der Waals surface area contributed by atoms with E-state index in [0.717, 1.165) is 18.4 Å². The van der Waals surface area contributed by atoms with Crippen molar-refractivity contribution in [1.29, 1.82) is 0 Å². The van der Waals surface area contributed by atoms with Gasteiger partial charge in [-0.3, -0.25) is 4.79 Å². The third kappa shape index (κ3) is 4.23. The standard InChI is InChI=1S/C18H26ClNO/c1-14(2)15-8-10-16(11-9-15)18(21)20(13-12-19)17-6-4-3-5-7-17/h8-11,14,17H,3-7,12-13H2,1-2H3. The zero-order chi connectivity index (χ0) is 15.2. The van der Waals surface area contributed by atoms with Crippen LogP contribution in [0.1, 0.15) is 67.8 Å². The summed E-state index contributed by atoms with van der Waals surface area (Å²) < 4.78 is 0. The summed E-state index contributed by atoms with van der Waals surface area (Å²) in [5.74, 6) is 1.14. The van der Waals surface area contributed by atoms with E-state index in [2.05, 4.69) is 26.0 Å². The fourth-order valence-corrected chi connectivity index (χ4v) is 3.29. The second-order valence-electron chi connectivity index (χ2n) is 6.26. The zero-order valence-electron chi connectivity index (χ0n) is 13.1. The van der Waals surface area contributed by atoms with Crippen molar-refractivity contribution in [3.8, 4) is 0 Å². The van der Waals surface area contributed by atoms with E-state index < -0.39 is 0 Å². The van der Waals surface area contributed by atoms with Gasteiger partial charge < -0.3 is 4.90 Å². The molecular formula is C18H26ClNO. The summed E-state index contributed by atoms with van der Waals surface area (Å²) in [5.41, 5.74) is 2.06. The third-order valence-electron chi connectivity index (χ3n) is 4.43. The molecule has 3 heteroatoms. The lowest BCUT2D eigenvalue weighted by Gasteiger charge is -2.34. The van der Waals surface area contributed by atoms with Gasteiger partial charge in [-0.25, -0.2) is 0 Å². The number of nitrogens with zero attached hydrogens (tertiary/aromatic N) is 1. The molecular weight excluding hydrogens is 282 g/mol. The Morgan fingerprint density at radius 2 is 1.81 bits per heavy atom. The fourth-order valence-electron chi connectivity index (χ4n) is 3.11. The molecule has 1 aliphatic carbocycles. The molecule has 0 bridgehead atoms. The Bertz CT molecular complexity index is 449. The van der Waals surface area contributed by atoms with Gasteiger partial charge in [0.2, 0.25) is 0 Å². The number of amides is 1. The monoisotopic (exact) mass is 307 g/mol. The van der Waals surface area contributed by atoms with Crippen LogP contribution in [0.5, 0.6) is 0 Å².